The molecule has 2 fully saturated rings. The zero-order valence-electron chi connectivity index (χ0n) is 17.6. The summed E-state index contributed by atoms with van der Waals surface area (Å²) in [5, 5.41) is 9.39. The average molecular weight is 430 g/mol. The molecule has 0 unspecified atom stereocenters. The maximum absolute atomic E-state index is 12.2. The molecule has 0 bridgehead atoms. The molecule has 4 aromatic rings. The normalized spacial score (nSPS) is 18.3. The summed E-state index contributed by atoms with van der Waals surface area (Å²) in [5.41, 5.74) is 2.35. The van der Waals surface area contributed by atoms with Gasteiger partial charge in [0.25, 0.3) is 0 Å². The van der Waals surface area contributed by atoms with Crippen molar-refractivity contribution in [3.63, 3.8) is 0 Å². The minimum atomic E-state index is 0.0234. The van der Waals surface area contributed by atoms with E-state index in [9.17, 15) is 4.79 Å². The number of anilines is 1. The van der Waals surface area contributed by atoms with Crippen LogP contribution in [0, 0.1) is 12.8 Å². The lowest BCUT2D eigenvalue weighted by molar-refractivity contribution is -0.117. The molecule has 2 aliphatic rings. The van der Waals surface area contributed by atoms with Gasteiger partial charge in [0, 0.05) is 46.8 Å². The Morgan fingerprint density at radius 3 is 2.91 bits per heavy atom. The highest BCUT2D eigenvalue weighted by Crippen LogP contribution is 2.32. The number of nitrogens with zero attached hydrogens (tertiary/aromatic N) is 5. The molecule has 1 amide bonds. The number of aryl methyl sites for hydroxylation is 1. The number of aromatic nitrogens is 5. The third kappa shape index (κ3) is 3.54. The summed E-state index contributed by atoms with van der Waals surface area (Å²) < 4.78 is 13.1. The molecule has 1 atom stereocenters. The largest absolute Gasteiger partial charge is 0.486 e. The molecule has 1 saturated carbocycles. The third-order valence-corrected chi connectivity index (χ3v) is 5.91. The van der Waals surface area contributed by atoms with Crippen molar-refractivity contribution in [3.8, 4) is 17.1 Å². The van der Waals surface area contributed by atoms with Crippen molar-refractivity contribution in [1.29, 1.82) is 0 Å². The first-order chi connectivity index (χ1) is 15.6. The van der Waals surface area contributed by atoms with Crippen LogP contribution < -0.4 is 10.1 Å². The van der Waals surface area contributed by atoms with Gasteiger partial charge in [-0.1, -0.05) is 0 Å². The van der Waals surface area contributed by atoms with E-state index in [2.05, 4.69) is 25.4 Å². The zero-order valence-corrected chi connectivity index (χ0v) is 17.6. The standard InChI is InChI=1S/C23H22N6O3/c1-13-18-9-25-20(26-23(30)14-2-3-14)8-17(18)19(10-24-13)22-27-21-5-4-15(11-29(21)28-22)32-16-6-7-31-12-16/h4-5,8-11,14,16H,2-3,6-7,12H2,1H3,(H,25,26,30)/t16-/m0/s1. The molecule has 1 aliphatic carbocycles. The van der Waals surface area contributed by atoms with Gasteiger partial charge in [0.05, 0.1) is 19.4 Å². The maximum atomic E-state index is 12.2. The Hall–Kier alpha value is -3.59. The van der Waals surface area contributed by atoms with Crippen LogP contribution in [0.25, 0.3) is 27.8 Å². The summed E-state index contributed by atoms with van der Waals surface area (Å²) in [6, 6.07) is 5.65. The molecule has 1 N–H and O–H groups in total. The van der Waals surface area contributed by atoms with E-state index in [0.29, 0.717) is 23.9 Å². The number of carbonyl (C=O) groups excluding carboxylic acids is 1. The van der Waals surface area contributed by atoms with Crippen LogP contribution in [-0.2, 0) is 9.53 Å². The highest BCUT2D eigenvalue weighted by Gasteiger charge is 2.30. The van der Waals surface area contributed by atoms with E-state index in [1.807, 2.05) is 31.3 Å². The highest BCUT2D eigenvalue weighted by atomic mass is 16.5. The molecule has 6 rings (SSSR count). The van der Waals surface area contributed by atoms with E-state index in [0.717, 1.165) is 53.6 Å². The molecule has 0 radical (unpaired) electrons. The van der Waals surface area contributed by atoms with Crippen molar-refractivity contribution in [1.82, 2.24) is 24.6 Å². The number of hydrogen-bond donors (Lipinski definition) is 1. The van der Waals surface area contributed by atoms with Crippen LogP contribution in [0.4, 0.5) is 5.82 Å². The van der Waals surface area contributed by atoms with Crippen molar-refractivity contribution >= 4 is 28.1 Å². The Morgan fingerprint density at radius 1 is 1.19 bits per heavy atom. The van der Waals surface area contributed by atoms with Crippen LogP contribution in [0.3, 0.4) is 0 Å². The zero-order chi connectivity index (χ0) is 21.7. The molecule has 9 nitrogen and oxygen atoms in total. The summed E-state index contributed by atoms with van der Waals surface area (Å²) in [5.74, 6) is 1.94. The lowest BCUT2D eigenvalue weighted by Gasteiger charge is -2.11. The molecule has 5 heterocycles. The summed E-state index contributed by atoms with van der Waals surface area (Å²) >= 11 is 0. The second-order valence-electron chi connectivity index (χ2n) is 8.34. The predicted octanol–water partition coefficient (Wildman–Crippen LogP) is 3.16. The maximum Gasteiger partial charge on any atom is 0.228 e. The monoisotopic (exact) mass is 430 g/mol. The topological polar surface area (TPSA) is 104 Å². The Bertz CT molecular complexity index is 1340. The van der Waals surface area contributed by atoms with Gasteiger partial charge in [-0.3, -0.25) is 9.78 Å². The van der Waals surface area contributed by atoms with E-state index in [-0.39, 0.29) is 17.9 Å². The van der Waals surface area contributed by atoms with Gasteiger partial charge in [0.15, 0.2) is 11.5 Å². The van der Waals surface area contributed by atoms with E-state index >= 15 is 0 Å². The number of fused-ring (bicyclic) bond motifs is 2. The highest BCUT2D eigenvalue weighted by molar-refractivity contribution is 5.99. The van der Waals surface area contributed by atoms with E-state index < -0.39 is 0 Å². The first-order valence-corrected chi connectivity index (χ1v) is 10.8. The van der Waals surface area contributed by atoms with Gasteiger partial charge in [-0.15, -0.1) is 5.10 Å². The summed E-state index contributed by atoms with van der Waals surface area (Å²) in [4.78, 5) is 25.8. The lowest BCUT2D eigenvalue weighted by Crippen LogP contribution is -2.15. The number of ether oxygens (including phenoxy) is 2. The molecule has 4 aromatic heterocycles. The summed E-state index contributed by atoms with van der Waals surface area (Å²) in [6.07, 6.45) is 8.18. The van der Waals surface area contributed by atoms with Crippen molar-refractivity contribution in [2.75, 3.05) is 18.5 Å². The Balaban J connectivity index is 1.37. The van der Waals surface area contributed by atoms with Crippen LogP contribution in [-0.4, -0.2) is 49.8 Å². The second-order valence-corrected chi connectivity index (χ2v) is 8.34. The van der Waals surface area contributed by atoms with Gasteiger partial charge in [0.2, 0.25) is 5.91 Å². The lowest BCUT2D eigenvalue weighted by atomic mass is 10.1. The quantitative estimate of drug-likeness (QED) is 0.519. The number of nitrogens with one attached hydrogen (secondary N) is 1. The van der Waals surface area contributed by atoms with E-state index in [1.165, 1.54) is 0 Å². The molecule has 1 saturated heterocycles. The van der Waals surface area contributed by atoms with Crippen molar-refractivity contribution in [2.45, 2.75) is 32.3 Å². The van der Waals surface area contributed by atoms with Gasteiger partial charge >= 0.3 is 0 Å². The number of amides is 1. The third-order valence-electron chi connectivity index (χ3n) is 5.91. The van der Waals surface area contributed by atoms with Crippen LogP contribution in [0.15, 0.2) is 36.8 Å². The molecule has 9 heteroatoms. The molecule has 0 aromatic carbocycles. The van der Waals surface area contributed by atoms with Crippen LogP contribution >= 0.6 is 0 Å². The van der Waals surface area contributed by atoms with Crippen LogP contribution in [0.5, 0.6) is 5.75 Å². The van der Waals surface area contributed by atoms with Gasteiger partial charge in [-0.2, -0.15) is 0 Å². The number of hydrogen-bond acceptors (Lipinski definition) is 7. The smallest absolute Gasteiger partial charge is 0.228 e. The molecule has 162 valence electrons. The predicted molar refractivity (Wildman–Crippen MR) is 117 cm³/mol. The Morgan fingerprint density at radius 2 is 2.09 bits per heavy atom. The molecule has 1 aliphatic heterocycles. The van der Waals surface area contributed by atoms with Crippen molar-refractivity contribution < 1.29 is 14.3 Å². The summed E-state index contributed by atoms with van der Waals surface area (Å²) in [7, 11) is 0. The van der Waals surface area contributed by atoms with E-state index in [1.54, 1.807) is 16.9 Å². The van der Waals surface area contributed by atoms with Crippen LogP contribution in [0.2, 0.25) is 0 Å². The van der Waals surface area contributed by atoms with Gasteiger partial charge in [-0.05, 0) is 38.0 Å². The fourth-order valence-corrected chi connectivity index (χ4v) is 3.93. The average Bonchev–Trinajstić information content (AvgIpc) is 3.37. The fraction of sp³-hybridized carbons (Fsp3) is 0.348. The number of carbonyl (C=O) groups is 1. The molecule has 32 heavy (non-hydrogen) atoms. The summed E-state index contributed by atoms with van der Waals surface area (Å²) in [6.45, 7) is 3.27. The van der Waals surface area contributed by atoms with Crippen molar-refractivity contribution in [2.24, 2.45) is 5.92 Å². The molecule has 0 spiro atoms. The van der Waals surface area contributed by atoms with Gasteiger partial charge in [0.1, 0.15) is 17.7 Å². The first kappa shape index (κ1) is 19.1. The first-order valence-electron chi connectivity index (χ1n) is 10.8. The number of pyridine rings is 3. The SMILES string of the molecule is Cc1ncc(-c2nc3ccc(O[C@H]4CCOC4)cn3n2)c2cc(NC(=O)C3CC3)ncc12. The number of rotatable bonds is 5. The Kier molecular flexibility index (Phi) is 4.50. The van der Waals surface area contributed by atoms with Crippen LogP contribution in [0.1, 0.15) is 25.0 Å². The fourth-order valence-electron chi connectivity index (χ4n) is 3.93. The van der Waals surface area contributed by atoms with Gasteiger partial charge in [-0.25, -0.2) is 14.5 Å². The van der Waals surface area contributed by atoms with Gasteiger partial charge < -0.3 is 14.8 Å². The minimum Gasteiger partial charge on any atom is -0.486 e. The van der Waals surface area contributed by atoms with Crippen molar-refractivity contribution in [3.05, 3.63) is 42.5 Å². The van der Waals surface area contributed by atoms with E-state index in [4.69, 9.17) is 9.47 Å². The minimum absolute atomic E-state index is 0.0234. The molecular formula is C23H22N6O3. The Labute approximate surface area is 183 Å². The second kappa shape index (κ2) is 7.52. The molecular weight excluding hydrogens is 408 g/mol.